The van der Waals surface area contributed by atoms with Crippen molar-refractivity contribution in [2.75, 3.05) is 20.6 Å². The average Bonchev–Trinajstić information content (AvgIpc) is 2.73. The van der Waals surface area contributed by atoms with Crippen LogP contribution in [0.2, 0.25) is 0 Å². The molecule has 98 valence electrons. The van der Waals surface area contributed by atoms with Crippen LogP contribution < -0.4 is 5.32 Å². The molecule has 2 aromatic rings. The summed E-state index contributed by atoms with van der Waals surface area (Å²) in [6.45, 7) is 6.54. The third-order valence-electron chi connectivity index (χ3n) is 3.61. The van der Waals surface area contributed by atoms with Gasteiger partial charge in [0.2, 0.25) is 0 Å². The highest BCUT2D eigenvalue weighted by atomic mass is 32.1. The van der Waals surface area contributed by atoms with Crippen LogP contribution in [-0.4, -0.2) is 31.1 Å². The number of benzene rings is 1. The lowest BCUT2D eigenvalue weighted by molar-refractivity contribution is 0.148. The summed E-state index contributed by atoms with van der Waals surface area (Å²) in [5.41, 5.74) is 1.60. The van der Waals surface area contributed by atoms with Gasteiger partial charge in [0.05, 0.1) is 0 Å². The lowest BCUT2D eigenvalue weighted by atomic mass is 10.0. The quantitative estimate of drug-likeness (QED) is 0.889. The van der Waals surface area contributed by atoms with Gasteiger partial charge in [0.25, 0.3) is 0 Å². The molecule has 0 aliphatic heterocycles. The maximum absolute atomic E-state index is 3.27. The van der Waals surface area contributed by atoms with Crippen molar-refractivity contribution < 1.29 is 0 Å². The largest absolute Gasteiger partial charge is 0.318 e. The van der Waals surface area contributed by atoms with E-state index in [1.54, 1.807) is 0 Å². The van der Waals surface area contributed by atoms with Gasteiger partial charge in [0.15, 0.2) is 0 Å². The van der Waals surface area contributed by atoms with Crippen molar-refractivity contribution in [1.82, 2.24) is 10.2 Å². The van der Waals surface area contributed by atoms with E-state index in [9.17, 15) is 0 Å². The number of likely N-dealkylation sites (N-methyl/N-ethyl adjacent to an activating group) is 2. The molecule has 1 aromatic carbocycles. The minimum Gasteiger partial charge on any atom is -0.318 e. The van der Waals surface area contributed by atoms with E-state index in [1.807, 2.05) is 18.4 Å². The minimum atomic E-state index is 0.164. The van der Waals surface area contributed by atoms with Gasteiger partial charge in [-0.1, -0.05) is 18.2 Å². The van der Waals surface area contributed by atoms with Gasteiger partial charge in [-0.3, -0.25) is 4.90 Å². The molecule has 0 amide bonds. The molecule has 0 bridgehead atoms. The molecule has 1 heterocycles. The Hall–Kier alpha value is -0.900. The molecule has 0 aliphatic carbocycles. The zero-order valence-corrected chi connectivity index (χ0v) is 12.5. The molecule has 0 saturated heterocycles. The normalized spacial score (nSPS) is 12.5. The second kappa shape index (κ2) is 5.39. The van der Waals surface area contributed by atoms with Crippen LogP contribution in [0.4, 0.5) is 0 Å². The first kappa shape index (κ1) is 13.5. The summed E-state index contributed by atoms with van der Waals surface area (Å²) < 4.78 is 1.38. The van der Waals surface area contributed by atoms with Crippen LogP contribution in [-0.2, 0) is 6.54 Å². The van der Waals surface area contributed by atoms with E-state index in [-0.39, 0.29) is 5.54 Å². The topological polar surface area (TPSA) is 15.3 Å². The summed E-state index contributed by atoms with van der Waals surface area (Å²) in [4.78, 5) is 2.41. The molecule has 0 spiro atoms. The van der Waals surface area contributed by atoms with Crippen LogP contribution in [0.15, 0.2) is 29.6 Å². The number of fused-ring (bicyclic) bond motifs is 1. The Balaban J connectivity index is 2.19. The first-order valence-corrected chi connectivity index (χ1v) is 7.23. The van der Waals surface area contributed by atoms with Gasteiger partial charge >= 0.3 is 0 Å². The Labute approximate surface area is 114 Å². The highest BCUT2D eigenvalue weighted by Gasteiger charge is 2.23. The Kier molecular flexibility index (Phi) is 4.05. The Morgan fingerprint density at radius 2 is 2.00 bits per heavy atom. The first-order valence-electron chi connectivity index (χ1n) is 6.35. The number of nitrogens with one attached hydrogen (secondary N) is 1. The van der Waals surface area contributed by atoms with Crippen LogP contribution in [0.5, 0.6) is 0 Å². The summed E-state index contributed by atoms with van der Waals surface area (Å²) in [6, 6.07) is 8.65. The summed E-state index contributed by atoms with van der Waals surface area (Å²) in [6.07, 6.45) is 0. The van der Waals surface area contributed by atoms with Gasteiger partial charge in [0.1, 0.15) is 0 Å². The number of thiophene rings is 1. The molecule has 3 heteroatoms. The van der Waals surface area contributed by atoms with Crippen molar-refractivity contribution >= 4 is 21.4 Å². The van der Waals surface area contributed by atoms with Crippen LogP contribution in [0.25, 0.3) is 10.1 Å². The van der Waals surface area contributed by atoms with Crippen molar-refractivity contribution in [2.45, 2.75) is 25.9 Å². The molecule has 1 N–H and O–H groups in total. The Morgan fingerprint density at radius 1 is 1.28 bits per heavy atom. The van der Waals surface area contributed by atoms with Gasteiger partial charge in [-0.15, -0.1) is 11.3 Å². The highest BCUT2D eigenvalue weighted by Crippen LogP contribution is 2.27. The first-order chi connectivity index (χ1) is 8.54. The fraction of sp³-hybridized carbons (Fsp3) is 0.467. The second-order valence-corrected chi connectivity index (χ2v) is 6.37. The van der Waals surface area contributed by atoms with Crippen LogP contribution in [0.3, 0.4) is 0 Å². The van der Waals surface area contributed by atoms with Gasteiger partial charge in [-0.05, 0) is 50.3 Å². The predicted octanol–water partition coefficient (Wildman–Crippen LogP) is 3.33. The van der Waals surface area contributed by atoms with Crippen molar-refractivity contribution in [2.24, 2.45) is 0 Å². The molecular weight excluding hydrogens is 240 g/mol. The SMILES string of the molecule is CNCC(C)(C)N(C)Cc1csc2ccccc12. The molecule has 0 atom stereocenters. The summed E-state index contributed by atoms with van der Waals surface area (Å²) in [7, 11) is 4.21. The van der Waals surface area contributed by atoms with E-state index in [0.29, 0.717) is 0 Å². The monoisotopic (exact) mass is 262 g/mol. The zero-order valence-electron chi connectivity index (χ0n) is 11.7. The number of nitrogens with zero attached hydrogens (tertiary/aromatic N) is 1. The molecule has 0 radical (unpaired) electrons. The number of hydrogen-bond acceptors (Lipinski definition) is 3. The highest BCUT2D eigenvalue weighted by molar-refractivity contribution is 7.17. The minimum absolute atomic E-state index is 0.164. The number of hydrogen-bond donors (Lipinski definition) is 1. The third kappa shape index (κ3) is 2.74. The zero-order chi connectivity index (χ0) is 13.2. The fourth-order valence-corrected chi connectivity index (χ4v) is 3.15. The van der Waals surface area contributed by atoms with Crippen molar-refractivity contribution in [3.63, 3.8) is 0 Å². The van der Waals surface area contributed by atoms with Gasteiger partial charge in [-0.25, -0.2) is 0 Å². The van der Waals surface area contributed by atoms with Crippen LogP contribution >= 0.6 is 11.3 Å². The molecule has 0 fully saturated rings. The van der Waals surface area contributed by atoms with Crippen LogP contribution in [0, 0.1) is 0 Å². The summed E-state index contributed by atoms with van der Waals surface area (Å²) >= 11 is 1.84. The van der Waals surface area contributed by atoms with E-state index in [4.69, 9.17) is 0 Å². The fourth-order valence-electron chi connectivity index (χ4n) is 2.19. The van der Waals surface area contributed by atoms with Gasteiger partial charge in [-0.2, -0.15) is 0 Å². The van der Waals surface area contributed by atoms with E-state index < -0.39 is 0 Å². The molecule has 0 unspecified atom stereocenters. The van der Waals surface area contributed by atoms with Gasteiger partial charge < -0.3 is 5.32 Å². The smallest absolute Gasteiger partial charge is 0.0346 e. The predicted molar refractivity (Wildman–Crippen MR) is 81.3 cm³/mol. The lowest BCUT2D eigenvalue weighted by Gasteiger charge is -2.35. The molecule has 0 saturated carbocycles. The standard InChI is InChI=1S/C15H22N2S/c1-15(2,11-16-3)17(4)9-12-10-18-14-8-6-5-7-13(12)14/h5-8,10,16H,9,11H2,1-4H3. The Morgan fingerprint density at radius 3 is 2.72 bits per heavy atom. The van der Waals surface area contributed by atoms with Crippen molar-refractivity contribution in [3.05, 3.63) is 35.2 Å². The molecule has 1 aromatic heterocycles. The van der Waals surface area contributed by atoms with Crippen LogP contribution in [0.1, 0.15) is 19.4 Å². The van der Waals surface area contributed by atoms with E-state index in [1.165, 1.54) is 15.6 Å². The van der Waals surface area contributed by atoms with Gasteiger partial charge in [0, 0.05) is 23.3 Å². The van der Waals surface area contributed by atoms with Crippen molar-refractivity contribution in [1.29, 1.82) is 0 Å². The van der Waals surface area contributed by atoms with Crippen molar-refractivity contribution in [3.8, 4) is 0 Å². The second-order valence-electron chi connectivity index (χ2n) is 5.46. The number of rotatable bonds is 5. The Bertz CT molecular complexity index is 516. The lowest BCUT2D eigenvalue weighted by Crippen LogP contribution is -2.47. The third-order valence-corrected chi connectivity index (χ3v) is 4.62. The summed E-state index contributed by atoms with van der Waals surface area (Å²) in [5.74, 6) is 0. The van der Waals surface area contributed by atoms with E-state index in [0.717, 1.165) is 13.1 Å². The molecule has 2 rings (SSSR count). The average molecular weight is 262 g/mol. The maximum Gasteiger partial charge on any atom is 0.0346 e. The molecule has 18 heavy (non-hydrogen) atoms. The van der Waals surface area contributed by atoms with E-state index in [2.05, 4.69) is 60.8 Å². The molecular formula is C15H22N2S. The maximum atomic E-state index is 3.27. The van der Waals surface area contributed by atoms with E-state index >= 15 is 0 Å². The molecule has 2 nitrogen and oxygen atoms in total. The molecule has 0 aliphatic rings. The summed E-state index contributed by atoms with van der Waals surface area (Å²) in [5, 5.41) is 6.95.